The maximum atomic E-state index is 6.21. The van der Waals surface area contributed by atoms with E-state index in [4.69, 9.17) is 23.9 Å². The Kier molecular flexibility index (Phi) is 31.2. The molecule has 0 spiro atoms. The molecule has 20 aromatic rings. The molecule has 0 saturated carbocycles. The topological polar surface area (TPSA) is 170 Å². The Hall–Kier alpha value is -15.3. The van der Waals surface area contributed by atoms with Gasteiger partial charge in [-0.15, -0.1) is 185 Å². The fraction of sp³-hybridized carbons (Fsp3) is 0.0940. The zero-order valence-electron chi connectivity index (χ0n) is 80.6. The first kappa shape index (κ1) is 101. The van der Waals surface area contributed by atoms with Crippen LogP contribution in [0.4, 0.5) is 22.7 Å². The third-order valence-corrected chi connectivity index (χ3v) is 24.4. The first-order valence-electron chi connectivity index (χ1n) is 45.9. The monoisotopic (exact) mass is 2620 g/mol. The molecule has 24 nitrogen and oxygen atoms in total. The van der Waals surface area contributed by atoms with Crippen LogP contribution in [0.3, 0.4) is 0 Å². The zero-order chi connectivity index (χ0) is 96.3. The Bertz CT molecular complexity index is 7800. The fourth-order valence-electron chi connectivity index (χ4n) is 17.9. The average molecular weight is 2620 g/mol. The quantitative estimate of drug-likeness (QED) is 0.0660. The Labute approximate surface area is 901 Å². The minimum absolute atomic E-state index is 0. The minimum Gasteiger partial charge on any atom is -0.510 e. The second kappa shape index (κ2) is 44.7. The first-order valence-corrected chi connectivity index (χ1v) is 45.9. The van der Waals surface area contributed by atoms with E-state index >= 15 is 0 Å². The molecule has 12 aromatic carbocycles. The number of rotatable bonds is 20. The molecule has 0 fully saturated rings. The van der Waals surface area contributed by atoms with Crippen LogP contribution in [0, 0.1) is 89.1 Å². The van der Waals surface area contributed by atoms with Crippen molar-refractivity contribution in [3.63, 3.8) is 0 Å². The maximum absolute atomic E-state index is 6.21. The molecular formula is C117H94N20O4Pt4. The number of ether oxygens (including phenoxy) is 4. The minimum atomic E-state index is 0. The molecule has 0 atom stereocenters. The number of hydrogen-bond donors (Lipinski definition) is 0. The number of nitrogens with zero attached hydrogens (tertiary/aromatic N) is 20. The number of benzene rings is 12. The van der Waals surface area contributed by atoms with Crippen LogP contribution in [-0.4, -0.2) is 105 Å². The predicted molar refractivity (Wildman–Crippen MR) is 555 cm³/mol. The van der Waals surface area contributed by atoms with Gasteiger partial charge < -0.3 is 71.8 Å². The molecule has 12 heterocycles. The zero-order valence-corrected chi connectivity index (χ0v) is 89.6. The van der Waals surface area contributed by atoms with Gasteiger partial charge in [-0.05, 0) is 134 Å². The normalized spacial score (nSPS) is 13.1. The van der Waals surface area contributed by atoms with Crippen molar-refractivity contribution in [1.82, 2.24) is 77.1 Å². The van der Waals surface area contributed by atoms with Gasteiger partial charge in [-0.1, -0.05) is 115 Å². The van der Waals surface area contributed by atoms with Crippen LogP contribution >= 0.6 is 0 Å². The van der Waals surface area contributed by atoms with Crippen LogP contribution in [-0.2, 0) is 105 Å². The summed E-state index contributed by atoms with van der Waals surface area (Å²) in [7, 11) is 14.1. The van der Waals surface area contributed by atoms with E-state index in [1.54, 1.807) is 6.20 Å². The number of pyridine rings is 2. The van der Waals surface area contributed by atoms with Crippen LogP contribution in [0.1, 0.15) is 25.2 Å². The van der Waals surface area contributed by atoms with Gasteiger partial charge in [0.1, 0.15) is 11.6 Å². The molecule has 0 radical (unpaired) electrons. The van der Waals surface area contributed by atoms with E-state index in [1.165, 1.54) is 5.39 Å². The van der Waals surface area contributed by atoms with Crippen molar-refractivity contribution < 1.29 is 103 Å². The summed E-state index contributed by atoms with van der Waals surface area (Å²) in [6, 6.07) is 119. The maximum Gasteiger partial charge on any atom is 4.00 e. The Morgan fingerprint density at radius 3 is 1.16 bits per heavy atom. The summed E-state index contributed by atoms with van der Waals surface area (Å²) in [6.07, 6.45) is 21.0. The molecule has 0 unspecified atom stereocenters. The van der Waals surface area contributed by atoms with Gasteiger partial charge in [0.25, 0.3) is 0 Å². The van der Waals surface area contributed by atoms with Crippen molar-refractivity contribution in [2.45, 2.75) is 27.7 Å². The van der Waals surface area contributed by atoms with Crippen molar-refractivity contribution in [1.29, 1.82) is 0 Å². The second-order valence-corrected chi connectivity index (χ2v) is 34.1. The molecule has 8 aromatic heterocycles. The SMILES string of the molecule is CC1=C(n2c3ccccc3c3cnccc32)N(C)[CH-]N1c1[c-]c(Oc2[c-]c(N3C=CN(C)[CH-]3)ccc2)ccc1.CC1=C(n2c3ccccc3c3ncccc32)N(C)[CH-]N1c1[c-]c(Oc2[c-]c(N3C=CN(C)[CH-]3)ccc2)ccc1.Cc1cc(C)n(-c2[c-]c(Oc3[c-]c(-c4ncc(-c5ccccc5)n4C)ccc3)ccc2)n1.Cn1ccnc1-c1[c-]c(Oc2[c-]c(-c3ncc(-c4ccccc4)n3C)ccc2)ccc1.[Pt+2].[Pt+2].[Pt+4].[Pt+4]. The van der Waals surface area contributed by atoms with Crippen LogP contribution in [0.25, 0.3) is 118 Å². The average Bonchev–Trinajstić information content (AvgIpc) is 1.58. The largest absolute Gasteiger partial charge is 4.00 e. The van der Waals surface area contributed by atoms with Gasteiger partial charge in [0.2, 0.25) is 0 Å². The molecule has 0 N–H and O–H groups in total. The van der Waals surface area contributed by atoms with Crippen molar-refractivity contribution >= 4 is 78.1 Å². The molecule has 726 valence electrons. The van der Waals surface area contributed by atoms with Gasteiger partial charge in [-0.25, -0.2) is 0 Å². The van der Waals surface area contributed by atoms with Gasteiger partial charge in [-0.2, -0.15) is 62.1 Å². The van der Waals surface area contributed by atoms with E-state index in [0.717, 1.165) is 158 Å². The molecule has 4 aliphatic heterocycles. The third-order valence-electron chi connectivity index (χ3n) is 24.4. The van der Waals surface area contributed by atoms with Crippen molar-refractivity contribution in [3.8, 4) is 108 Å². The number of allylic oxidation sites excluding steroid dienone is 2. The Morgan fingerprint density at radius 2 is 0.710 bits per heavy atom. The first-order chi connectivity index (χ1) is 68.9. The summed E-state index contributed by atoms with van der Waals surface area (Å²) >= 11 is 0. The summed E-state index contributed by atoms with van der Waals surface area (Å²) in [5, 5.41) is 7.98. The molecule has 24 rings (SSSR count). The third kappa shape index (κ3) is 21.4. The standard InChI is InChI=1S/2C32H26N6O.C27H22N4O.C26H20N4O.4Pt/c1-23-32(38-29-14-5-4-13-28(29)31-30(38)15-8-16-33-31)35(3)22-37(23)25-10-7-12-27(20-25)39-26-11-6-9-24(19-26)36-18-17-34(2)21-36;1-23-32(38-30-13-5-4-12-28(30)29-20-33-15-14-31(29)38)35(3)22-37(23)25-9-7-11-27(19-25)39-26-10-6-8-24(18-26)36-17-16-34(2)21-36;1-19-15-20(2)31(29-19)23-12-8-14-25(17-23)32-24-13-7-11-22(16-24)27-28-18-26(30(27)3)21-9-5-4-6-10-21;1-29-15-14-27-25(29)20-10-6-12-22(16-20)31-23-13-7-11-21(17-23)26-28-18-24(30(26)2)19-8-4-3-5-9-19;;;;/h4-18,21-22H,1-3H3;4-17,20-22H,1-3H3;4-15,18H,1-3H3;3-15,18H,1-2H3;;;;/q2*-4;2*-2;2*+2;2*+4. The molecule has 4 aliphatic rings. The van der Waals surface area contributed by atoms with Gasteiger partial charge in [-0.3, -0.25) is 38.7 Å². The van der Waals surface area contributed by atoms with Crippen LogP contribution in [0.2, 0.25) is 0 Å². The Balaban J connectivity index is 0.000000132. The summed E-state index contributed by atoms with van der Waals surface area (Å²) < 4.78 is 37.1. The summed E-state index contributed by atoms with van der Waals surface area (Å²) in [4.78, 5) is 39.3. The van der Waals surface area contributed by atoms with Gasteiger partial charge in [0, 0.05) is 144 Å². The summed E-state index contributed by atoms with van der Waals surface area (Å²) in [5.74, 6) is 9.57. The molecule has 0 bridgehead atoms. The molecule has 0 saturated heterocycles. The Morgan fingerprint density at radius 1 is 0.317 bits per heavy atom. The molecule has 0 aliphatic carbocycles. The molecule has 28 heteroatoms. The number of imidazole rings is 3. The molecular weight excluding hydrogens is 2530 g/mol. The van der Waals surface area contributed by atoms with Crippen molar-refractivity contribution in [2.24, 2.45) is 21.1 Å². The number of aryl methyl sites for hydroxylation is 3. The number of aromatic nitrogens is 12. The summed E-state index contributed by atoms with van der Waals surface area (Å²) in [6.45, 7) is 16.4. The van der Waals surface area contributed by atoms with E-state index in [1.807, 2.05) is 347 Å². The number of fused-ring (bicyclic) bond motifs is 6. The smallest absolute Gasteiger partial charge is 0.510 e. The van der Waals surface area contributed by atoms with Crippen LogP contribution < -0.4 is 38.5 Å². The molecule has 145 heavy (non-hydrogen) atoms. The van der Waals surface area contributed by atoms with Crippen molar-refractivity contribution in [2.75, 3.05) is 47.8 Å². The van der Waals surface area contributed by atoms with E-state index in [2.05, 4.69) is 238 Å². The van der Waals surface area contributed by atoms with Crippen LogP contribution in [0.15, 0.2) is 359 Å². The number of anilines is 4. The number of hydrogen-bond acceptors (Lipinski definition) is 18. The van der Waals surface area contributed by atoms with Gasteiger partial charge in [0.05, 0.1) is 62.1 Å². The van der Waals surface area contributed by atoms with Crippen LogP contribution in [0.5, 0.6) is 46.0 Å². The van der Waals surface area contributed by atoms with Gasteiger partial charge in [0.15, 0.2) is 0 Å². The second-order valence-electron chi connectivity index (χ2n) is 34.1. The van der Waals surface area contributed by atoms with E-state index in [0.29, 0.717) is 46.0 Å². The van der Waals surface area contributed by atoms with E-state index in [9.17, 15) is 0 Å². The van der Waals surface area contributed by atoms with E-state index < -0.39 is 0 Å². The van der Waals surface area contributed by atoms with E-state index in [-0.39, 0.29) is 84.3 Å². The predicted octanol–water partition coefficient (Wildman–Crippen LogP) is 24.8. The fourth-order valence-corrected chi connectivity index (χ4v) is 17.9. The number of para-hydroxylation sites is 2. The van der Waals surface area contributed by atoms with Crippen molar-refractivity contribution in [3.05, 3.63) is 445 Å². The van der Waals surface area contributed by atoms with Gasteiger partial charge >= 0.3 is 84.3 Å². The summed E-state index contributed by atoms with van der Waals surface area (Å²) in [5.41, 5.74) is 21.0. The molecule has 0 amide bonds.